The number of hydrogen-bond acceptors (Lipinski definition) is 5. The van der Waals surface area contributed by atoms with Crippen LogP contribution in [-0.4, -0.2) is 27.7 Å². The Hall–Kier alpha value is -3.93. The summed E-state index contributed by atoms with van der Waals surface area (Å²) in [6.45, 7) is 2.41. The maximum Gasteiger partial charge on any atom is 0.303 e. The molecule has 6 nitrogen and oxygen atoms in total. The second-order valence-corrected chi connectivity index (χ2v) is 8.64. The van der Waals surface area contributed by atoms with Gasteiger partial charge in [-0.25, -0.2) is 4.98 Å². The molecule has 0 unspecified atom stereocenters. The van der Waals surface area contributed by atoms with Crippen LogP contribution in [0.1, 0.15) is 41.3 Å². The van der Waals surface area contributed by atoms with Crippen LogP contribution in [0, 0.1) is 6.92 Å². The number of pyridine rings is 1. The fourth-order valence-corrected chi connectivity index (χ4v) is 4.61. The van der Waals surface area contributed by atoms with Crippen molar-refractivity contribution in [2.45, 2.75) is 38.5 Å². The van der Waals surface area contributed by atoms with Crippen LogP contribution in [0.3, 0.4) is 0 Å². The third-order valence-corrected chi connectivity index (χ3v) is 6.34. The highest BCUT2D eigenvalue weighted by atomic mass is 16.5. The number of aromatic nitrogens is 2. The third kappa shape index (κ3) is 4.71. The van der Waals surface area contributed by atoms with E-state index in [4.69, 9.17) is 19.2 Å². The van der Waals surface area contributed by atoms with Gasteiger partial charge in [-0.05, 0) is 72.7 Å². The zero-order chi connectivity index (χ0) is 23.5. The molecule has 0 amide bonds. The van der Waals surface area contributed by atoms with Gasteiger partial charge in [0, 0.05) is 29.9 Å². The van der Waals surface area contributed by atoms with Crippen molar-refractivity contribution in [3.63, 3.8) is 0 Å². The van der Waals surface area contributed by atoms with Crippen molar-refractivity contribution in [1.82, 2.24) is 9.97 Å². The number of rotatable bonds is 8. The quantitative estimate of drug-likeness (QED) is 0.360. The molecule has 2 aromatic heterocycles. The Balaban J connectivity index is 1.24. The van der Waals surface area contributed by atoms with Crippen molar-refractivity contribution in [2.75, 3.05) is 6.61 Å². The molecule has 1 N–H and O–H groups in total. The average Bonchev–Trinajstić information content (AvgIpc) is 3.42. The second kappa shape index (κ2) is 9.51. The summed E-state index contributed by atoms with van der Waals surface area (Å²) in [6.07, 6.45) is 6.21. The lowest BCUT2D eigenvalue weighted by atomic mass is 9.98. The third-order valence-electron chi connectivity index (χ3n) is 6.34. The van der Waals surface area contributed by atoms with Crippen LogP contribution in [0.4, 0.5) is 0 Å². The van der Waals surface area contributed by atoms with E-state index in [2.05, 4.69) is 11.1 Å². The second-order valence-electron chi connectivity index (χ2n) is 8.64. The van der Waals surface area contributed by atoms with Gasteiger partial charge < -0.3 is 14.3 Å². The van der Waals surface area contributed by atoms with Crippen LogP contribution in [0.2, 0.25) is 0 Å². The van der Waals surface area contributed by atoms with Gasteiger partial charge in [-0.1, -0.05) is 24.3 Å². The number of aliphatic carboxylic acids is 1. The highest BCUT2D eigenvalue weighted by Gasteiger charge is 2.25. The number of carbonyl (C=O) groups is 1. The molecule has 34 heavy (non-hydrogen) atoms. The predicted octanol–water partition coefficient (Wildman–Crippen LogP) is 5.84. The first kappa shape index (κ1) is 21.9. The Morgan fingerprint density at radius 3 is 2.79 bits per heavy atom. The van der Waals surface area contributed by atoms with Gasteiger partial charge in [-0.2, -0.15) is 0 Å². The molecule has 1 atom stereocenters. The highest BCUT2D eigenvalue weighted by molar-refractivity contribution is 5.69. The van der Waals surface area contributed by atoms with Gasteiger partial charge in [0.25, 0.3) is 0 Å². The number of benzene rings is 2. The summed E-state index contributed by atoms with van der Waals surface area (Å²) in [4.78, 5) is 20.0. The van der Waals surface area contributed by atoms with E-state index in [0.717, 1.165) is 52.3 Å². The summed E-state index contributed by atoms with van der Waals surface area (Å²) in [5, 5.41) is 9.10. The molecule has 0 saturated carbocycles. The molecule has 0 fully saturated rings. The summed E-state index contributed by atoms with van der Waals surface area (Å²) < 4.78 is 12.0. The van der Waals surface area contributed by atoms with E-state index in [1.807, 2.05) is 61.7 Å². The van der Waals surface area contributed by atoms with Crippen LogP contribution in [-0.2, 0) is 17.6 Å². The summed E-state index contributed by atoms with van der Waals surface area (Å²) in [7, 11) is 0. The molecule has 6 heteroatoms. The molecule has 0 bridgehead atoms. The molecule has 2 aromatic carbocycles. The average molecular weight is 455 g/mol. The molecule has 1 aliphatic carbocycles. The molecule has 0 aliphatic heterocycles. The van der Waals surface area contributed by atoms with Crippen LogP contribution in [0.5, 0.6) is 5.75 Å². The first-order chi connectivity index (χ1) is 16.6. The van der Waals surface area contributed by atoms with E-state index < -0.39 is 5.97 Å². The van der Waals surface area contributed by atoms with Crippen LogP contribution < -0.4 is 4.74 Å². The fourth-order valence-electron chi connectivity index (χ4n) is 4.61. The van der Waals surface area contributed by atoms with Crippen molar-refractivity contribution < 1.29 is 19.1 Å². The Kier molecular flexibility index (Phi) is 6.12. The normalized spacial score (nSPS) is 14.7. The number of nitrogens with zero attached hydrogens (tertiary/aromatic N) is 2. The number of aryl methyl sites for hydroxylation is 2. The fraction of sp³-hybridized carbons (Fsp3) is 0.250. The number of carboxylic acid groups (broad SMARTS) is 1. The molecule has 172 valence electrons. The number of carboxylic acids is 1. The summed E-state index contributed by atoms with van der Waals surface area (Å²) in [5.41, 5.74) is 6.24. The highest BCUT2D eigenvalue weighted by Crippen LogP contribution is 2.37. The summed E-state index contributed by atoms with van der Waals surface area (Å²) >= 11 is 0. The molecule has 0 radical (unpaired) electrons. The molecule has 1 aliphatic rings. The van der Waals surface area contributed by atoms with Gasteiger partial charge in [0.15, 0.2) is 0 Å². The van der Waals surface area contributed by atoms with E-state index in [1.165, 1.54) is 5.56 Å². The van der Waals surface area contributed by atoms with Gasteiger partial charge >= 0.3 is 5.97 Å². The van der Waals surface area contributed by atoms with Crippen LogP contribution >= 0.6 is 0 Å². The maximum atomic E-state index is 11.1. The van der Waals surface area contributed by atoms with Crippen molar-refractivity contribution in [3.05, 3.63) is 89.6 Å². The minimum Gasteiger partial charge on any atom is -0.493 e. The SMILES string of the molecule is Cc1oc(-c2cccc(-c3cccnc3)c2)nc1CCOc1ccc2c(c1)CC[C@H]2CC(=O)O. The standard InChI is InChI=1S/C28H26N2O4/c1-18-26(11-13-33-24-9-10-25-20(15-24)7-8-21(25)16-27(31)32)30-28(34-18)22-5-2-4-19(14-22)23-6-3-12-29-17-23/h2-6,9-10,12,14-15,17,21H,7-8,11,13,16H2,1H3,(H,31,32)/t21-/m0/s1. The maximum absolute atomic E-state index is 11.1. The molecular weight excluding hydrogens is 428 g/mol. The van der Waals surface area contributed by atoms with Gasteiger partial charge in [0.1, 0.15) is 11.5 Å². The van der Waals surface area contributed by atoms with E-state index in [-0.39, 0.29) is 12.3 Å². The van der Waals surface area contributed by atoms with E-state index in [9.17, 15) is 4.79 Å². The van der Waals surface area contributed by atoms with Gasteiger partial charge in [-0.15, -0.1) is 0 Å². The van der Waals surface area contributed by atoms with Crippen molar-refractivity contribution in [1.29, 1.82) is 0 Å². The van der Waals surface area contributed by atoms with Crippen molar-refractivity contribution in [2.24, 2.45) is 0 Å². The molecule has 5 rings (SSSR count). The monoisotopic (exact) mass is 454 g/mol. The van der Waals surface area contributed by atoms with E-state index >= 15 is 0 Å². The lowest BCUT2D eigenvalue weighted by molar-refractivity contribution is -0.137. The minimum absolute atomic E-state index is 0.106. The molecule has 2 heterocycles. The van der Waals surface area contributed by atoms with E-state index in [1.54, 1.807) is 6.20 Å². The zero-order valence-electron chi connectivity index (χ0n) is 19.0. The van der Waals surface area contributed by atoms with Crippen LogP contribution in [0.15, 0.2) is 71.4 Å². The number of ether oxygens (including phenoxy) is 1. The molecule has 0 spiro atoms. The minimum atomic E-state index is -0.746. The molecule has 0 saturated heterocycles. The predicted molar refractivity (Wildman–Crippen MR) is 129 cm³/mol. The van der Waals surface area contributed by atoms with Crippen LogP contribution in [0.25, 0.3) is 22.6 Å². The van der Waals surface area contributed by atoms with Gasteiger partial charge in [0.05, 0.1) is 18.7 Å². The Bertz CT molecular complexity index is 1310. The van der Waals surface area contributed by atoms with E-state index in [0.29, 0.717) is 18.9 Å². The summed E-state index contributed by atoms with van der Waals surface area (Å²) in [5.74, 6) is 1.55. The Morgan fingerprint density at radius 1 is 1.12 bits per heavy atom. The summed E-state index contributed by atoms with van der Waals surface area (Å²) in [6, 6.07) is 18.0. The van der Waals surface area contributed by atoms with Gasteiger partial charge in [0.2, 0.25) is 5.89 Å². The Labute approximate surface area is 198 Å². The lowest BCUT2D eigenvalue weighted by Gasteiger charge is -2.10. The smallest absolute Gasteiger partial charge is 0.303 e. The first-order valence-corrected chi connectivity index (χ1v) is 11.5. The topological polar surface area (TPSA) is 85.5 Å². The zero-order valence-corrected chi connectivity index (χ0v) is 19.0. The molecule has 4 aromatic rings. The number of oxazole rings is 1. The van der Waals surface area contributed by atoms with Crippen molar-refractivity contribution >= 4 is 5.97 Å². The Morgan fingerprint density at radius 2 is 1.97 bits per heavy atom. The molecular formula is C28H26N2O4. The number of hydrogen-bond donors (Lipinski definition) is 1. The number of fused-ring (bicyclic) bond motifs is 1. The largest absolute Gasteiger partial charge is 0.493 e. The van der Waals surface area contributed by atoms with Crippen molar-refractivity contribution in [3.8, 4) is 28.3 Å². The lowest BCUT2D eigenvalue weighted by Crippen LogP contribution is -2.04. The van der Waals surface area contributed by atoms with Gasteiger partial charge in [-0.3, -0.25) is 9.78 Å². The first-order valence-electron chi connectivity index (χ1n) is 11.5.